The van der Waals surface area contributed by atoms with E-state index in [-0.39, 0.29) is 22.7 Å². The van der Waals surface area contributed by atoms with Gasteiger partial charge in [-0.1, -0.05) is 36.4 Å². The molecule has 0 aromatic heterocycles. The monoisotopic (exact) mass is 532 g/mol. The Bertz CT molecular complexity index is 1150. The van der Waals surface area contributed by atoms with Crippen LogP contribution in [0.5, 0.6) is 5.75 Å². The van der Waals surface area contributed by atoms with Gasteiger partial charge in [-0.2, -0.15) is 0 Å². The van der Waals surface area contributed by atoms with Crippen molar-refractivity contribution in [2.24, 2.45) is 0 Å². The number of benzene rings is 3. The van der Waals surface area contributed by atoms with E-state index in [1.54, 1.807) is 49.4 Å². The van der Waals surface area contributed by atoms with E-state index in [4.69, 9.17) is 4.74 Å². The highest BCUT2D eigenvalue weighted by molar-refractivity contribution is 14.1. The first-order valence-electron chi connectivity index (χ1n) is 9.06. The van der Waals surface area contributed by atoms with E-state index in [0.717, 1.165) is 0 Å². The van der Waals surface area contributed by atoms with E-state index in [1.807, 2.05) is 22.6 Å². The van der Waals surface area contributed by atoms with Crippen molar-refractivity contribution in [1.82, 2.24) is 0 Å². The van der Waals surface area contributed by atoms with Crippen LogP contribution in [0.3, 0.4) is 0 Å². The first-order valence-corrected chi connectivity index (χ1v) is 10.1. The Morgan fingerprint density at radius 3 is 2.48 bits per heavy atom. The van der Waals surface area contributed by atoms with Gasteiger partial charge < -0.3 is 15.2 Å². The normalized spacial score (nSPS) is 11.4. The lowest BCUT2D eigenvalue weighted by atomic mass is 10.1. The molecule has 0 aliphatic carbocycles. The van der Waals surface area contributed by atoms with Gasteiger partial charge in [-0.05, 0) is 59.3 Å². The third-order valence-electron chi connectivity index (χ3n) is 4.35. The van der Waals surface area contributed by atoms with Crippen LogP contribution in [-0.2, 0) is 9.53 Å². The van der Waals surface area contributed by atoms with E-state index in [2.05, 4.69) is 5.32 Å². The number of hydrogen-bond donors (Lipinski definition) is 2. The van der Waals surface area contributed by atoms with Crippen molar-refractivity contribution in [3.05, 3.63) is 97.1 Å². The molecule has 0 heterocycles. The maximum Gasteiger partial charge on any atom is 0.343 e. The molecule has 0 fully saturated rings. The number of nitrogens with zero attached hydrogens (tertiary/aromatic N) is 1. The number of aromatic hydroxyl groups is 1. The van der Waals surface area contributed by atoms with Crippen molar-refractivity contribution in [3.8, 4) is 5.75 Å². The number of rotatable bonds is 6. The molecule has 31 heavy (non-hydrogen) atoms. The van der Waals surface area contributed by atoms with E-state index in [9.17, 15) is 24.8 Å². The number of nitro benzene ring substituents is 1. The van der Waals surface area contributed by atoms with Crippen LogP contribution in [0.25, 0.3) is 0 Å². The number of carbonyl (C=O) groups excluding carboxylic acids is 2. The number of halogens is 1. The number of nitrogens with one attached hydrogen (secondary N) is 1. The highest BCUT2D eigenvalue weighted by Gasteiger charge is 2.28. The average Bonchev–Trinajstić information content (AvgIpc) is 2.75. The molecule has 9 heteroatoms. The molecule has 2 N–H and O–H groups in total. The second kappa shape index (κ2) is 9.56. The summed E-state index contributed by atoms with van der Waals surface area (Å²) in [5.41, 5.74) is 0.636. The summed E-state index contributed by atoms with van der Waals surface area (Å²) in [6.45, 7) is 1.70. The van der Waals surface area contributed by atoms with Crippen LogP contribution in [0.1, 0.15) is 27.6 Å². The van der Waals surface area contributed by atoms with Crippen LogP contribution in [0, 0.1) is 20.6 Å². The van der Waals surface area contributed by atoms with Gasteiger partial charge in [0, 0.05) is 15.2 Å². The van der Waals surface area contributed by atoms with E-state index in [1.165, 1.54) is 24.3 Å². The molecule has 3 rings (SSSR count). The smallest absolute Gasteiger partial charge is 0.343 e. The van der Waals surface area contributed by atoms with Crippen LogP contribution < -0.4 is 5.32 Å². The number of ether oxygens (including phenoxy) is 1. The molecule has 1 unspecified atom stereocenters. The van der Waals surface area contributed by atoms with Gasteiger partial charge in [-0.3, -0.25) is 14.9 Å². The summed E-state index contributed by atoms with van der Waals surface area (Å²) in [5, 5.41) is 23.9. The molecule has 1 atom stereocenters. The number of phenols is 1. The molecule has 0 bridgehead atoms. The molecule has 8 nitrogen and oxygen atoms in total. The Hall–Kier alpha value is -3.47. The molecule has 0 aliphatic heterocycles. The average molecular weight is 532 g/mol. The lowest BCUT2D eigenvalue weighted by Crippen LogP contribution is -2.26. The number of anilines is 1. The van der Waals surface area contributed by atoms with Crippen molar-refractivity contribution < 1.29 is 24.4 Å². The maximum absolute atomic E-state index is 13.0. The van der Waals surface area contributed by atoms with E-state index < -0.39 is 22.9 Å². The molecule has 158 valence electrons. The van der Waals surface area contributed by atoms with Crippen LogP contribution >= 0.6 is 22.6 Å². The van der Waals surface area contributed by atoms with Crippen molar-refractivity contribution in [2.45, 2.75) is 13.0 Å². The molecule has 3 aromatic carbocycles. The fourth-order valence-electron chi connectivity index (χ4n) is 2.84. The number of hydrogen-bond acceptors (Lipinski definition) is 6. The summed E-state index contributed by atoms with van der Waals surface area (Å²) in [5.74, 6) is -1.96. The second-order valence-corrected chi connectivity index (χ2v) is 7.87. The molecular weight excluding hydrogens is 515 g/mol. The quantitative estimate of drug-likeness (QED) is 0.205. The predicted octanol–water partition coefficient (Wildman–Crippen LogP) is 4.75. The largest absolute Gasteiger partial charge is 0.507 e. The Labute approximate surface area is 191 Å². The van der Waals surface area contributed by atoms with Gasteiger partial charge >= 0.3 is 5.97 Å². The second-order valence-electron chi connectivity index (χ2n) is 6.62. The zero-order chi connectivity index (χ0) is 22.5. The minimum absolute atomic E-state index is 0.0188. The Morgan fingerprint density at radius 1 is 1.10 bits per heavy atom. The van der Waals surface area contributed by atoms with Gasteiger partial charge in [0.1, 0.15) is 17.0 Å². The van der Waals surface area contributed by atoms with Crippen molar-refractivity contribution in [3.63, 3.8) is 0 Å². The molecular formula is C22H17IN2O6. The first-order chi connectivity index (χ1) is 14.8. The van der Waals surface area contributed by atoms with Crippen LogP contribution in [0.4, 0.5) is 11.4 Å². The minimum atomic E-state index is -1.40. The van der Waals surface area contributed by atoms with Crippen molar-refractivity contribution in [1.29, 1.82) is 0 Å². The third-order valence-corrected chi connectivity index (χ3v) is 5.02. The topological polar surface area (TPSA) is 119 Å². The van der Waals surface area contributed by atoms with Gasteiger partial charge in [0.2, 0.25) is 6.10 Å². The van der Waals surface area contributed by atoms with Gasteiger partial charge in [0.15, 0.2) is 0 Å². The predicted molar refractivity (Wildman–Crippen MR) is 122 cm³/mol. The maximum atomic E-state index is 13.0. The number of phenolic OH excluding ortho intramolecular Hbond substituents is 1. The van der Waals surface area contributed by atoms with Crippen LogP contribution in [0.15, 0.2) is 66.7 Å². The summed E-state index contributed by atoms with van der Waals surface area (Å²) in [6.07, 6.45) is -1.40. The molecule has 0 saturated carbocycles. The lowest BCUT2D eigenvalue weighted by Gasteiger charge is -2.18. The standard InChI is InChI=1S/C22H17IN2O6/c1-13-7-9-17(18(11-13)25(29)30)24-21(27)20(14-5-3-2-4-6-14)31-22(28)16-12-15(23)8-10-19(16)26/h2-12,20,26H,1H3,(H,24,27). The van der Waals surface area contributed by atoms with Crippen molar-refractivity contribution >= 4 is 45.8 Å². The van der Waals surface area contributed by atoms with Gasteiger partial charge in [-0.25, -0.2) is 4.79 Å². The molecule has 0 saturated heterocycles. The molecule has 1 amide bonds. The summed E-state index contributed by atoms with van der Waals surface area (Å²) in [7, 11) is 0. The minimum Gasteiger partial charge on any atom is -0.507 e. The fourth-order valence-corrected chi connectivity index (χ4v) is 3.33. The Morgan fingerprint density at radius 2 is 1.81 bits per heavy atom. The molecule has 0 spiro atoms. The number of amides is 1. The number of nitro groups is 1. The molecule has 0 radical (unpaired) electrons. The van der Waals surface area contributed by atoms with Crippen LogP contribution in [-0.4, -0.2) is 21.9 Å². The molecule has 0 aliphatic rings. The summed E-state index contributed by atoms with van der Waals surface area (Å²) in [6, 6.07) is 17.0. The summed E-state index contributed by atoms with van der Waals surface area (Å²) in [4.78, 5) is 36.5. The Kier molecular flexibility index (Phi) is 6.85. The highest BCUT2D eigenvalue weighted by Crippen LogP contribution is 2.29. The number of aryl methyl sites for hydroxylation is 1. The molecule has 3 aromatic rings. The first kappa shape index (κ1) is 22.2. The van der Waals surface area contributed by atoms with Crippen LogP contribution in [0.2, 0.25) is 0 Å². The zero-order valence-electron chi connectivity index (χ0n) is 16.2. The Balaban J connectivity index is 1.93. The number of carbonyl (C=O) groups is 2. The third kappa shape index (κ3) is 5.37. The van der Waals surface area contributed by atoms with Gasteiger partial charge in [0.05, 0.1) is 4.92 Å². The van der Waals surface area contributed by atoms with Gasteiger partial charge in [-0.15, -0.1) is 0 Å². The summed E-state index contributed by atoms with van der Waals surface area (Å²) >= 11 is 1.98. The highest BCUT2D eigenvalue weighted by atomic mass is 127. The zero-order valence-corrected chi connectivity index (χ0v) is 18.4. The lowest BCUT2D eigenvalue weighted by molar-refractivity contribution is -0.384. The number of esters is 1. The summed E-state index contributed by atoms with van der Waals surface area (Å²) < 4.78 is 6.13. The SMILES string of the molecule is Cc1ccc(NC(=O)C(OC(=O)c2cc(I)ccc2O)c2ccccc2)c([N+](=O)[O-])c1. The fraction of sp³-hybridized carbons (Fsp3) is 0.0909. The van der Waals surface area contributed by atoms with E-state index in [0.29, 0.717) is 14.7 Å². The van der Waals surface area contributed by atoms with E-state index >= 15 is 0 Å². The van der Waals surface area contributed by atoms with Gasteiger partial charge in [0.25, 0.3) is 11.6 Å². The van der Waals surface area contributed by atoms with Crippen molar-refractivity contribution in [2.75, 3.05) is 5.32 Å².